The first-order chi connectivity index (χ1) is 11.1. The Morgan fingerprint density at radius 1 is 1.39 bits per heavy atom. The Bertz CT molecular complexity index is 926. The van der Waals surface area contributed by atoms with Crippen LogP contribution in [-0.2, 0) is 11.3 Å². The molecule has 0 radical (unpaired) electrons. The van der Waals surface area contributed by atoms with E-state index in [4.69, 9.17) is 9.26 Å². The highest BCUT2D eigenvalue weighted by molar-refractivity contribution is 5.99. The molecule has 0 bridgehead atoms. The standard InChI is InChI=1S/C16H15N3O4/c1-3-22-16(21)13-12-14(23-18-13)17-9-19(15(12)20)8-11-6-4-5-10(2)7-11/h4-7,9H,3,8H2,1-2H3. The lowest BCUT2D eigenvalue weighted by molar-refractivity contribution is 0.0516. The van der Waals surface area contributed by atoms with Gasteiger partial charge in [0, 0.05) is 0 Å². The van der Waals surface area contributed by atoms with E-state index in [1.807, 2.05) is 31.2 Å². The Labute approximate surface area is 131 Å². The molecule has 0 saturated carbocycles. The quantitative estimate of drug-likeness (QED) is 0.684. The summed E-state index contributed by atoms with van der Waals surface area (Å²) in [6, 6.07) is 7.80. The van der Waals surface area contributed by atoms with Gasteiger partial charge < -0.3 is 9.26 Å². The van der Waals surface area contributed by atoms with Crippen LogP contribution in [0, 0.1) is 6.92 Å². The highest BCUT2D eigenvalue weighted by Crippen LogP contribution is 2.13. The largest absolute Gasteiger partial charge is 0.461 e. The molecule has 0 aliphatic carbocycles. The molecule has 0 amide bonds. The van der Waals surface area contributed by atoms with Gasteiger partial charge >= 0.3 is 5.97 Å². The first kappa shape index (κ1) is 15.0. The summed E-state index contributed by atoms with van der Waals surface area (Å²) in [4.78, 5) is 28.5. The monoisotopic (exact) mass is 313 g/mol. The normalized spacial score (nSPS) is 10.9. The van der Waals surface area contributed by atoms with Crippen molar-refractivity contribution in [3.63, 3.8) is 0 Å². The molecule has 7 nitrogen and oxygen atoms in total. The van der Waals surface area contributed by atoms with Gasteiger partial charge in [-0.05, 0) is 19.4 Å². The highest BCUT2D eigenvalue weighted by atomic mass is 16.5. The average molecular weight is 313 g/mol. The van der Waals surface area contributed by atoms with Crippen molar-refractivity contribution < 1.29 is 14.1 Å². The molecule has 0 aliphatic heterocycles. The third-order valence-corrected chi connectivity index (χ3v) is 3.37. The molecular formula is C16H15N3O4. The van der Waals surface area contributed by atoms with Gasteiger partial charge in [0.25, 0.3) is 11.3 Å². The molecule has 1 aromatic carbocycles. The fourth-order valence-corrected chi connectivity index (χ4v) is 2.34. The molecule has 23 heavy (non-hydrogen) atoms. The minimum absolute atomic E-state index is 0.0264. The van der Waals surface area contributed by atoms with Crippen LogP contribution in [-0.4, -0.2) is 27.3 Å². The molecule has 118 valence electrons. The fraction of sp³-hybridized carbons (Fsp3) is 0.250. The summed E-state index contributed by atoms with van der Waals surface area (Å²) in [5.74, 6) is -0.696. The van der Waals surface area contributed by atoms with E-state index in [0.29, 0.717) is 6.54 Å². The van der Waals surface area contributed by atoms with E-state index < -0.39 is 5.97 Å². The second kappa shape index (κ2) is 6.04. The topological polar surface area (TPSA) is 87.2 Å². The first-order valence-electron chi connectivity index (χ1n) is 7.17. The van der Waals surface area contributed by atoms with Crippen molar-refractivity contribution in [3.8, 4) is 0 Å². The Morgan fingerprint density at radius 2 is 2.22 bits per heavy atom. The number of hydrogen-bond acceptors (Lipinski definition) is 6. The lowest BCUT2D eigenvalue weighted by atomic mass is 10.1. The summed E-state index contributed by atoms with van der Waals surface area (Å²) in [6.45, 7) is 4.18. The average Bonchev–Trinajstić information content (AvgIpc) is 2.95. The van der Waals surface area contributed by atoms with Crippen molar-refractivity contribution >= 4 is 17.1 Å². The van der Waals surface area contributed by atoms with Crippen LogP contribution in [0.2, 0.25) is 0 Å². The van der Waals surface area contributed by atoms with Crippen molar-refractivity contribution in [2.24, 2.45) is 0 Å². The van der Waals surface area contributed by atoms with Crippen molar-refractivity contribution in [1.82, 2.24) is 14.7 Å². The predicted octanol–water partition coefficient (Wildman–Crippen LogP) is 1.92. The second-order valence-electron chi connectivity index (χ2n) is 5.10. The van der Waals surface area contributed by atoms with Crippen LogP contribution >= 0.6 is 0 Å². The van der Waals surface area contributed by atoms with E-state index >= 15 is 0 Å². The van der Waals surface area contributed by atoms with Crippen LogP contribution in [0.5, 0.6) is 0 Å². The summed E-state index contributed by atoms with van der Waals surface area (Å²) >= 11 is 0. The third-order valence-electron chi connectivity index (χ3n) is 3.37. The number of hydrogen-bond donors (Lipinski definition) is 0. The van der Waals surface area contributed by atoms with Crippen LogP contribution in [0.4, 0.5) is 0 Å². The molecule has 0 aliphatic rings. The summed E-state index contributed by atoms with van der Waals surface area (Å²) in [7, 11) is 0. The smallest absolute Gasteiger partial charge is 0.361 e. The number of carbonyl (C=O) groups excluding carboxylic acids is 1. The van der Waals surface area contributed by atoms with E-state index in [1.165, 1.54) is 10.9 Å². The molecule has 0 fully saturated rings. The third kappa shape index (κ3) is 2.85. The Morgan fingerprint density at radius 3 is 2.96 bits per heavy atom. The number of aromatic nitrogens is 3. The van der Waals surface area contributed by atoms with E-state index in [9.17, 15) is 9.59 Å². The summed E-state index contributed by atoms with van der Waals surface area (Å²) in [5, 5.41) is 3.65. The van der Waals surface area contributed by atoms with Gasteiger partial charge in [0.05, 0.1) is 13.2 Å². The Kier molecular flexibility index (Phi) is 3.92. The Hall–Kier alpha value is -2.96. The number of esters is 1. The SMILES string of the molecule is CCOC(=O)c1noc2ncn(Cc3cccc(C)c3)c(=O)c12. The molecule has 3 rings (SSSR count). The van der Waals surface area contributed by atoms with Gasteiger partial charge in [-0.15, -0.1) is 0 Å². The number of benzene rings is 1. The molecule has 0 spiro atoms. The van der Waals surface area contributed by atoms with E-state index in [1.54, 1.807) is 6.92 Å². The van der Waals surface area contributed by atoms with Crippen LogP contribution in [0.3, 0.4) is 0 Å². The van der Waals surface area contributed by atoms with Gasteiger partial charge in [0.15, 0.2) is 0 Å². The van der Waals surface area contributed by atoms with Gasteiger partial charge in [-0.1, -0.05) is 35.0 Å². The van der Waals surface area contributed by atoms with Crippen molar-refractivity contribution in [2.45, 2.75) is 20.4 Å². The number of aryl methyl sites for hydroxylation is 1. The minimum atomic E-state index is -0.696. The van der Waals surface area contributed by atoms with Crippen molar-refractivity contribution in [2.75, 3.05) is 6.61 Å². The predicted molar refractivity (Wildman–Crippen MR) is 82.3 cm³/mol. The molecule has 2 heterocycles. The summed E-state index contributed by atoms with van der Waals surface area (Å²) in [6.07, 6.45) is 1.38. The fourth-order valence-electron chi connectivity index (χ4n) is 2.34. The van der Waals surface area contributed by atoms with Gasteiger partial charge in [-0.3, -0.25) is 9.36 Å². The minimum Gasteiger partial charge on any atom is -0.461 e. The van der Waals surface area contributed by atoms with Crippen LogP contribution < -0.4 is 5.56 Å². The first-order valence-corrected chi connectivity index (χ1v) is 7.17. The van der Waals surface area contributed by atoms with Gasteiger partial charge in [0.2, 0.25) is 5.69 Å². The number of carbonyl (C=O) groups is 1. The lowest BCUT2D eigenvalue weighted by Gasteiger charge is -2.06. The zero-order chi connectivity index (χ0) is 16.4. The zero-order valence-electron chi connectivity index (χ0n) is 12.8. The zero-order valence-corrected chi connectivity index (χ0v) is 12.8. The van der Waals surface area contributed by atoms with Crippen LogP contribution in [0.25, 0.3) is 11.1 Å². The molecular weight excluding hydrogens is 298 g/mol. The number of ether oxygens (including phenoxy) is 1. The molecule has 0 unspecified atom stereocenters. The van der Waals surface area contributed by atoms with Crippen molar-refractivity contribution in [3.05, 3.63) is 57.8 Å². The van der Waals surface area contributed by atoms with Gasteiger partial charge in [-0.25, -0.2) is 9.78 Å². The molecule has 2 aromatic heterocycles. The van der Waals surface area contributed by atoms with Crippen molar-refractivity contribution in [1.29, 1.82) is 0 Å². The highest BCUT2D eigenvalue weighted by Gasteiger charge is 2.22. The molecule has 0 saturated heterocycles. The molecule has 7 heteroatoms. The maximum Gasteiger partial charge on any atom is 0.361 e. The number of rotatable bonds is 4. The van der Waals surface area contributed by atoms with Gasteiger partial charge in [-0.2, -0.15) is 0 Å². The number of fused-ring (bicyclic) bond motifs is 1. The Balaban J connectivity index is 2.06. The molecule has 0 atom stereocenters. The van der Waals surface area contributed by atoms with Crippen LogP contribution in [0.1, 0.15) is 28.5 Å². The summed E-state index contributed by atoms with van der Waals surface area (Å²) < 4.78 is 11.2. The van der Waals surface area contributed by atoms with E-state index in [2.05, 4.69) is 10.1 Å². The maximum absolute atomic E-state index is 12.6. The molecule has 0 N–H and O–H groups in total. The van der Waals surface area contributed by atoms with E-state index in [-0.39, 0.29) is 29.0 Å². The lowest BCUT2D eigenvalue weighted by Crippen LogP contribution is -2.22. The van der Waals surface area contributed by atoms with E-state index in [0.717, 1.165) is 11.1 Å². The second-order valence-corrected chi connectivity index (χ2v) is 5.10. The summed E-state index contributed by atoms with van der Waals surface area (Å²) in [5.41, 5.74) is 1.56. The molecule has 3 aromatic rings. The van der Waals surface area contributed by atoms with Crippen LogP contribution in [0.15, 0.2) is 39.9 Å². The number of nitrogens with zero attached hydrogens (tertiary/aromatic N) is 3. The maximum atomic E-state index is 12.6. The van der Waals surface area contributed by atoms with Gasteiger partial charge in [0.1, 0.15) is 11.7 Å².